The van der Waals surface area contributed by atoms with E-state index in [0.29, 0.717) is 6.42 Å². The van der Waals surface area contributed by atoms with Crippen LogP contribution >= 0.6 is 12.6 Å². The van der Waals surface area contributed by atoms with E-state index in [2.05, 4.69) is 37.0 Å². The number of thiol groups is 1. The van der Waals surface area contributed by atoms with Gasteiger partial charge in [0.05, 0.1) is 0 Å². The van der Waals surface area contributed by atoms with E-state index in [-0.39, 0.29) is 11.7 Å². The lowest BCUT2D eigenvalue weighted by Gasteiger charge is -2.11. The predicted octanol–water partition coefficient (Wildman–Crippen LogP) is 5.13. The van der Waals surface area contributed by atoms with Gasteiger partial charge in [0.1, 0.15) is 6.04 Å². The summed E-state index contributed by atoms with van der Waals surface area (Å²) in [6.07, 6.45) is 19.5. The summed E-state index contributed by atoms with van der Waals surface area (Å²) < 4.78 is 0. The summed E-state index contributed by atoms with van der Waals surface area (Å²) in [6.45, 7) is 2.25. The van der Waals surface area contributed by atoms with Gasteiger partial charge in [-0.3, -0.25) is 4.79 Å². The first-order chi connectivity index (χ1) is 12.1. The lowest BCUT2D eigenvalue weighted by atomic mass is 10.1. The molecule has 25 heavy (non-hydrogen) atoms. The van der Waals surface area contributed by atoms with Gasteiger partial charge in [-0.05, 0) is 32.1 Å². The summed E-state index contributed by atoms with van der Waals surface area (Å²) in [6, 6.07) is -0.882. The SMILES string of the molecule is CCCCCCCC/C=C\CCCCCCC(=O)NC(CS)C(=O)O. The van der Waals surface area contributed by atoms with Gasteiger partial charge in [0.2, 0.25) is 5.91 Å². The summed E-state index contributed by atoms with van der Waals surface area (Å²) in [5.41, 5.74) is 0. The second kappa shape index (κ2) is 17.8. The van der Waals surface area contributed by atoms with Crippen LogP contribution in [0.5, 0.6) is 0 Å². The van der Waals surface area contributed by atoms with Gasteiger partial charge < -0.3 is 10.4 Å². The minimum Gasteiger partial charge on any atom is -0.480 e. The smallest absolute Gasteiger partial charge is 0.327 e. The van der Waals surface area contributed by atoms with Gasteiger partial charge in [-0.1, -0.05) is 64.0 Å². The van der Waals surface area contributed by atoms with Crippen molar-refractivity contribution >= 4 is 24.5 Å². The number of carboxylic acid groups (broad SMARTS) is 1. The molecule has 146 valence electrons. The van der Waals surface area contributed by atoms with Crippen LogP contribution in [0.4, 0.5) is 0 Å². The van der Waals surface area contributed by atoms with Gasteiger partial charge >= 0.3 is 5.97 Å². The van der Waals surface area contributed by atoms with Gasteiger partial charge in [0, 0.05) is 12.2 Å². The van der Waals surface area contributed by atoms with Gasteiger partial charge in [-0.25, -0.2) is 4.79 Å². The number of unbranched alkanes of at least 4 members (excludes halogenated alkanes) is 10. The molecule has 4 nitrogen and oxygen atoms in total. The van der Waals surface area contributed by atoms with Crippen LogP contribution in [-0.4, -0.2) is 28.8 Å². The zero-order chi connectivity index (χ0) is 18.8. The maximum Gasteiger partial charge on any atom is 0.327 e. The van der Waals surface area contributed by atoms with Crippen molar-refractivity contribution < 1.29 is 14.7 Å². The van der Waals surface area contributed by atoms with Crippen LogP contribution < -0.4 is 5.32 Å². The van der Waals surface area contributed by atoms with Crippen molar-refractivity contribution in [3.63, 3.8) is 0 Å². The fourth-order valence-corrected chi connectivity index (χ4v) is 2.88. The first-order valence-electron chi connectivity index (χ1n) is 9.89. The van der Waals surface area contributed by atoms with Gasteiger partial charge in [0.15, 0.2) is 0 Å². The number of carbonyl (C=O) groups excluding carboxylic acids is 1. The molecule has 1 atom stereocenters. The zero-order valence-electron chi connectivity index (χ0n) is 15.8. The highest BCUT2D eigenvalue weighted by Gasteiger charge is 2.17. The topological polar surface area (TPSA) is 66.4 Å². The van der Waals surface area contributed by atoms with E-state index in [1.54, 1.807) is 0 Å². The van der Waals surface area contributed by atoms with Crippen LogP contribution in [0, 0.1) is 0 Å². The molecule has 1 unspecified atom stereocenters. The van der Waals surface area contributed by atoms with E-state index in [1.807, 2.05) is 0 Å². The molecule has 5 heteroatoms. The van der Waals surface area contributed by atoms with E-state index in [9.17, 15) is 9.59 Å². The molecule has 0 aromatic heterocycles. The highest BCUT2D eigenvalue weighted by molar-refractivity contribution is 7.80. The summed E-state index contributed by atoms with van der Waals surface area (Å²) in [4.78, 5) is 22.4. The largest absolute Gasteiger partial charge is 0.480 e. The molecule has 0 radical (unpaired) electrons. The molecule has 0 aliphatic rings. The molecule has 0 saturated heterocycles. The van der Waals surface area contributed by atoms with Crippen molar-refractivity contribution in [1.82, 2.24) is 5.32 Å². The summed E-state index contributed by atoms with van der Waals surface area (Å²) in [7, 11) is 0. The summed E-state index contributed by atoms with van der Waals surface area (Å²) >= 11 is 3.92. The Morgan fingerprint density at radius 2 is 1.44 bits per heavy atom. The number of allylic oxidation sites excluding steroid dienone is 2. The molecular weight excluding hydrogens is 334 g/mol. The highest BCUT2D eigenvalue weighted by atomic mass is 32.1. The molecule has 0 fully saturated rings. The Hall–Kier alpha value is -0.970. The van der Waals surface area contributed by atoms with E-state index >= 15 is 0 Å². The monoisotopic (exact) mass is 371 g/mol. The Morgan fingerprint density at radius 1 is 0.920 bits per heavy atom. The third kappa shape index (κ3) is 16.3. The summed E-state index contributed by atoms with van der Waals surface area (Å²) in [5.74, 6) is -1.11. The Balaban J connectivity index is 3.39. The molecule has 0 aromatic carbocycles. The van der Waals surface area contributed by atoms with Crippen LogP contribution in [0.15, 0.2) is 12.2 Å². The number of amides is 1. The molecule has 0 saturated carbocycles. The standard InChI is InChI=1S/C20H37NO3S/c1-2-3-4-5-6-7-8-9-10-11-12-13-14-15-16-19(22)21-18(17-25)20(23)24/h9-10,18,25H,2-8,11-17H2,1H3,(H,21,22)(H,23,24)/b10-9-. The minimum absolute atomic E-state index is 0.117. The first-order valence-corrected chi connectivity index (χ1v) is 10.5. The number of rotatable bonds is 17. The Labute approximate surface area is 159 Å². The quantitative estimate of drug-likeness (QED) is 0.189. The van der Waals surface area contributed by atoms with Gasteiger partial charge in [-0.15, -0.1) is 0 Å². The maximum atomic E-state index is 11.6. The molecule has 0 aromatic rings. The van der Waals surface area contributed by atoms with Crippen molar-refractivity contribution in [1.29, 1.82) is 0 Å². The second-order valence-corrected chi connectivity index (χ2v) is 6.99. The third-order valence-electron chi connectivity index (χ3n) is 4.23. The molecule has 0 bridgehead atoms. The van der Waals surface area contributed by atoms with Gasteiger partial charge in [-0.2, -0.15) is 12.6 Å². The molecular formula is C20H37NO3S. The molecule has 2 N–H and O–H groups in total. The average molecular weight is 372 g/mol. The fraction of sp³-hybridized carbons (Fsp3) is 0.800. The maximum absolute atomic E-state index is 11.6. The van der Waals surface area contributed by atoms with Crippen molar-refractivity contribution in [2.45, 2.75) is 96.4 Å². The third-order valence-corrected chi connectivity index (χ3v) is 4.60. The Kier molecular flexibility index (Phi) is 17.1. The number of aliphatic carboxylic acids is 1. The first kappa shape index (κ1) is 24.0. The normalized spacial score (nSPS) is 12.4. The van der Waals surface area contributed by atoms with Crippen LogP contribution in [0.3, 0.4) is 0 Å². The van der Waals surface area contributed by atoms with Crippen molar-refractivity contribution in [2.75, 3.05) is 5.75 Å². The highest BCUT2D eigenvalue weighted by Crippen LogP contribution is 2.09. The molecule has 0 rings (SSSR count). The van der Waals surface area contributed by atoms with E-state index in [0.717, 1.165) is 32.1 Å². The van der Waals surface area contributed by atoms with E-state index in [4.69, 9.17) is 5.11 Å². The Bertz CT molecular complexity index is 372. The fourth-order valence-electron chi connectivity index (χ4n) is 2.63. The number of hydrogen-bond acceptors (Lipinski definition) is 3. The Morgan fingerprint density at radius 3 is 1.96 bits per heavy atom. The average Bonchev–Trinajstić information content (AvgIpc) is 2.59. The van der Waals surface area contributed by atoms with Crippen molar-refractivity contribution in [2.24, 2.45) is 0 Å². The lowest BCUT2D eigenvalue weighted by molar-refractivity contribution is -0.141. The molecule has 0 heterocycles. The number of carboxylic acids is 1. The van der Waals surface area contributed by atoms with Gasteiger partial charge in [0.25, 0.3) is 0 Å². The van der Waals surface area contributed by atoms with Crippen LogP contribution in [0.2, 0.25) is 0 Å². The number of nitrogens with one attached hydrogen (secondary N) is 1. The molecule has 0 aliphatic carbocycles. The predicted molar refractivity (Wildman–Crippen MR) is 108 cm³/mol. The van der Waals surface area contributed by atoms with Crippen LogP contribution in [-0.2, 0) is 9.59 Å². The molecule has 0 spiro atoms. The zero-order valence-corrected chi connectivity index (χ0v) is 16.7. The van der Waals surface area contributed by atoms with Crippen molar-refractivity contribution in [3.05, 3.63) is 12.2 Å². The van der Waals surface area contributed by atoms with E-state index in [1.165, 1.54) is 44.9 Å². The van der Waals surface area contributed by atoms with Crippen molar-refractivity contribution in [3.8, 4) is 0 Å². The minimum atomic E-state index is -1.03. The molecule has 0 aliphatic heterocycles. The van der Waals surface area contributed by atoms with Crippen LogP contribution in [0.25, 0.3) is 0 Å². The number of carbonyl (C=O) groups is 2. The summed E-state index contributed by atoms with van der Waals surface area (Å²) in [5, 5.41) is 11.3. The number of hydrogen-bond donors (Lipinski definition) is 3. The second-order valence-electron chi connectivity index (χ2n) is 6.62. The van der Waals surface area contributed by atoms with E-state index < -0.39 is 12.0 Å². The lowest BCUT2D eigenvalue weighted by Crippen LogP contribution is -2.42. The molecule has 1 amide bonds. The van der Waals surface area contributed by atoms with Crippen LogP contribution in [0.1, 0.15) is 90.4 Å².